The van der Waals surface area contributed by atoms with Crippen LogP contribution in [0.1, 0.15) is 11.1 Å². The van der Waals surface area contributed by atoms with Crippen LogP contribution in [0.4, 0.5) is 20.3 Å². The van der Waals surface area contributed by atoms with Gasteiger partial charge in [0.05, 0.1) is 18.3 Å². The largest absolute Gasteiger partial charge is 0.370 e. The van der Waals surface area contributed by atoms with Gasteiger partial charge in [0.1, 0.15) is 17.5 Å². The van der Waals surface area contributed by atoms with E-state index in [2.05, 4.69) is 15.6 Å². The Morgan fingerprint density at radius 3 is 2.59 bits per heavy atom. The molecule has 0 radical (unpaired) electrons. The number of carbonyl (C=O) groups excluding carboxylic acids is 1. The predicted molar refractivity (Wildman–Crippen MR) is 102 cm³/mol. The zero-order valence-corrected chi connectivity index (χ0v) is 14.6. The minimum atomic E-state index is -0.368. The summed E-state index contributed by atoms with van der Waals surface area (Å²) in [6.07, 6.45) is 2.16. The summed E-state index contributed by atoms with van der Waals surface area (Å²) in [5, 5.41) is 5.84. The van der Waals surface area contributed by atoms with Crippen molar-refractivity contribution in [1.82, 2.24) is 4.98 Å². The van der Waals surface area contributed by atoms with Gasteiger partial charge in [-0.2, -0.15) is 0 Å². The first-order valence-corrected chi connectivity index (χ1v) is 8.58. The summed E-state index contributed by atoms with van der Waals surface area (Å²) in [4.78, 5) is 16.3. The molecule has 138 valence electrons. The molecule has 1 aromatic heterocycles. The molecule has 4 nitrogen and oxygen atoms in total. The van der Waals surface area contributed by atoms with Gasteiger partial charge >= 0.3 is 0 Å². The molecule has 6 heteroatoms. The molecule has 3 rings (SSSR count). The van der Waals surface area contributed by atoms with Gasteiger partial charge in [0.2, 0.25) is 5.91 Å². The fourth-order valence-electron chi connectivity index (χ4n) is 2.64. The highest BCUT2D eigenvalue weighted by Crippen LogP contribution is 2.12. The van der Waals surface area contributed by atoms with Crippen LogP contribution in [-0.4, -0.2) is 17.4 Å². The fourth-order valence-corrected chi connectivity index (χ4v) is 2.64. The normalized spacial score (nSPS) is 10.4. The van der Waals surface area contributed by atoms with Crippen molar-refractivity contribution in [3.63, 3.8) is 0 Å². The van der Waals surface area contributed by atoms with Crippen LogP contribution in [0.25, 0.3) is 0 Å². The number of aromatic nitrogens is 1. The number of halogens is 2. The molecule has 1 amide bonds. The quantitative estimate of drug-likeness (QED) is 0.658. The van der Waals surface area contributed by atoms with E-state index in [1.165, 1.54) is 24.4 Å². The molecule has 2 aromatic carbocycles. The Morgan fingerprint density at radius 2 is 1.85 bits per heavy atom. The van der Waals surface area contributed by atoms with Gasteiger partial charge in [0.25, 0.3) is 0 Å². The van der Waals surface area contributed by atoms with Crippen molar-refractivity contribution in [1.29, 1.82) is 0 Å². The zero-order chi connectivity index (χ0) is 19.1. The van der Waals surface area contributed by atoms with Crippen molar-refractivity contribution in [2.75, 3.05) is 17.2 Å². The molecular formula is C21H19F2N3O. The molecule has 0 unspecified atom stereocenters. The molecule has 0 fully saturated rings. The molecule has 0 bridgehead atoms. The number of hydrogen-bond acceptors (Lipinski definition) is 3. The van der Waals surface area contributed by atoms with E-state index in [1.807, 2.05) is 0 Å². The van der Waals surface area contributed by atoms with Crippen molar-refractivity contribution in [2.45, 2.75) is 12.8 Å². The van der Waals surface area contributed by atoms with Crippen LogP contribution >= 0.6 is 0 Å². The summed E-state index contributed by atoms with van der Waals surface area (Å²) in [7, 11) is 0. The fraction of sp³-hybridized carbons (Fsp3) is 0.143. The molecule has 0 aliphatic heterocycles. The first-order valence-electron chi connectivity index (χ1n) is 8.58. The Hall–Kier alpha value is -3.28. The topological polar surface area (TPSA) is 54.0 Å². The molecule has 0 aliphatic carbocycles. The van der Waals surface area contributed by atoms with E-state index < -0.39 is 0 Å². The molecule has 2 N–H and O–H groups in total. The third kappa shape index (κ3) is 5.60. The van der Waals surface area contributed by atoms with Gasteiger partial charge < -0.3 is 10.6 Å². The first kappa shape index (κ1) is 18.5. The van der Waals surface area contributed by atoms with Gasteiger partial charge in [-0.3, -0.25) is 4.79 Å². The molecular weight excluding hydrogens is 348 g/mol. The minimum Gasteiger partial charge on any atom is -0.370 e. The third-order valence-corrected chi connectivity index (χ3v) is 3.96. The van der Waals surface area contributed by atoms with Crippen LogP contribution in [0.2, 0.25) is 0 Å². The lowest BCUT2D eigenvalue weighted by Crippen LogP contribution is -2.15. The molecule has 27 heavy (non-hydrogen) atoms. The maximum atomic E-state index is 13.6. The van der Waals surface area contributed by atoms with Crippen LogP contribution in [0, 0.1) is 11.6 Å². The van der Waals surface area contributed by atoms with Gasteiger partial charge in [-0.25, -0.2) is 13.8 Å². The van der Waals surface area contributed by atoms with Gasteiger partial charge in [0.15, 0.2) is 0 Å². The molecule has 3 aromatic rings. The molecule has 1 heterocycles. The SMILES string of the molecule is O=C(Cc1cccc(F)c1)Nc1ccc(NCCc2ccccc2F)nc1. The third-order valence-electron chi connectivity index (χ3n) is 3.96. The highest BCUT2D eigenvalue weighted by Gasteiger charge is 2.06. The minimum absolute atomic E-state index is 0.0837. The highest BCUT2D eigenvalue weighted by atomic mass is 19.1. The Labute approximate surface area is 156 Å². The second-order valence-electron chi connectivity index (χ2n) is 6.06. The van der Waals surface area contributed by atoms with E-state index in [9.17, 15) is 13.6 Å². The van der Waals surface area contributed by atoms with Gasteiger partial charge in [-0.05, 0) is 47.9 Å². The van der Waals surface area contributed by atoms with Gasteiger partial charge in [0, 0.05) is 6.54 Å². The van der Waals surface area contributed by atoms with Crippen molar-refractivity contribution in [3.05, 3.63) is 89.6 Å². The van der Waals surface area contributed by atoms with Crippen LogP contribution in [0.5, 0.6) is 0 Å². The summed E-state index contributed by atoms with van der Waals surface area (Å²) in [6, 6.07) is 16.1. The molecule has 0 saturated carbocycles. The second-order valence-corrected chi connectivity index (χ2v) is 6.06. The van der Waals surface area contributed by atoms with Gasteiger partial charge in [-0.1, -0.05) is 30.3 Å². The predicted octanol–water partition coefficient (Wildman–Crippen LogP) is 4.20. The number of benzene rings is 2. The average molecular weight is 367 g/mol. The first-order chi connectivity index (χ1) is 13.1. The summed E-state index contributed by atoms with van der Waals surface area (Å²) >= 11 is 0. The number of pyridine rings is 1. The highest BCUT2D eigenvalue weighted by molar-refractivity contribution is 5.92. The Kier molecular flexibility index (Phi) is 6.10. The number of nitrogens with one attached hydrogen (secondary N) is 2. The van der Waals surface area contributed by atoms with Crippen LogP contribution in [0.3, 0.4) is 0 Å². The number of carbonyl (C=O) groups is 1. The molecule has 0 aliphatic rings. The van der Waals surface area contributed by atoms with E-state index in [0.717, 1.165) is 0 Å². The molecule has 0 spiro atoms. The lowest BCUT2D eigenvalue weighted by atomic mass is 10.1. The zero-order valence-electron chi connectivity index (χ0n) is 14.6. The van der Waals surface area contributed by atoms with E-state index in [4.69, 9.17) is 0 Å². The Balaban J connectivity index is 1.48. The lowest BCUT2D eigenvalue weighted by molar-refractivity contribution is -0.115. The van der Waals surface area contributed by atoms with E-state index in [-0.39, 0.29) is 24.0 Å². The summed E-state index contributed by atoms with van der Waals surface area (Å²) in [6.45, 7) is 0.541. The van der Waals surface area contributed by atoms with Crippen molar-refractivity contribution in [2.24, 2.45) is 0 Å². The molecule has 0 saturated heterocycles. The van der Waals surface area contributed by atoms with Crippen molar-refractivity contribution in [3.8, 4) is 0 Å². The maximum absolute atomic E-state index is 13.6. The number of amides is 1. The standard InChI is InChI=1S/C21H19F2N3O/c22-17-6-3-4-15(12-17)13-21(27)26-18-8-9-20(25-14-18)24-11-10-16-5-1-2-7-19(16)23/h1-9,12,14H,10-11,13H2,(H,24,25)(H,26,27). The van der Waals surface area contributed by atoms with E-state index in [1.54, 1.807) is 42.5 Å². The van der Waals surface area contributed by atoms with Crippen LogP contribution in [0.15, 0.2) is 66.9 Å². The van der Waals surface area contributed by atoms with E-state index in [0.29, 0.717) is 35.6 Å². The van der Waals surface area contributed by atoms with Crippen LogP contribution in [-0.2, 0) is 17.6 Å². The van der Waals surface area contributed by atoms with Crippen LogP contribution < -0.4 is 10.6 Å². The number of hydrogen-bond donors (Lipinski definition) is 2. The maximum Gasteiger partial charge on any atom is 0.228 e. The lowest BCUT2D eigenvalue weighted by Gasteiger charge is -2.08. The second kappa shape index (κ2) is 8.89. The van der Waals surface area contributed by atoms with Crippen molar-refractivity contribution < 1.29 is 13.6 Å². The summed E-state index contributed by atoms with van der Waals surface area (Å²) in [5.41, 5.74) is 1.80. The smallest absolute Gasteiger partial charge is 0.228 e. The monoisotopic (exact) mass is 367 g/mol. The number of anilines is 2. The number of rotatable bonds is 7. The summed E-state index contributed by atoms with van der Waals surface area (Å²) < 4.78 is 26.7. The Morgan fingerprint density at radius 1 is 1.00 bits per heavy atom. The summed E-state index contributed by atoms with van der Waals surface area (Å²) in [5.74, 6) is -0.200. The average Bonchev–Trinajstić information content (AvgIpc) is 2.65. The Bertz CT molecular complexity index is 913. The van der Waals surface area contributed by atoms with Crippen molar-refractivity contribution >= 4 is 17.4 Å². The number of nitrogens with zero attached hydrogens (tertiary/aromatic N) is 1. The van der Waals surface area contributed by atoms with Gasteiger partial charge in [-0.15, -0.1) is 0 Å². The van der Waals surface area contributed by atoms with E-state index >= 15 is 0 Å². The molecule has 0 atom stereocenters.